The predicted molar refractivity (Wildman–Crippen MR) is 76.9 cm³/mol. The first-order valence-corrected chi connectivity index (χ1v) is 7.32. The van der Waals surface area contributed by atoms with Crippen molar-refractivity contribution in [3.8, 4) is 0 Å². The zero-order valence-corrected chi connectivity index (χ0v) is 12.5. The van der Waals surface area contributed by atoms with E-state index in [0.29, 0.717) is 19.3 Å². The molecule has 0 spiro atoms. The highest BCUT2D eigenvalue weighted by atomic mass is 16.6. The Morgan fingerprint density at radius 3 is 2.96 bits per heavy atom. The smallest absolute Gasteiger partial charge is 0.333 e. The monoisotopic (exact) mass is 325 g/mol. The summed E-state index contributed by atoms with van der Waals surface area (Å²) in [4.78, 5) is 34.3. The van der Waals surface area contributed by atoms with Gasteiger partial charge in [0.2, 0.25) is 0 Å². The van der Waals surface area contributed by atoms with Gasteiger partial charge in [-0.1, -0.05) is 6.08 Å². The lowest BCUT2D eigenvalue weighted by atomic mass is 10.1. The molecule has 8 nitrogen and oxygen atoms in total. The first-order valence-electron chi connectivity index (χ1n) is 7.32. The number of carbonyl (C=O) groups is 3. The minimum absolute atomic E-state index is 0.0357. The van der Waals surface area contributed by atoms with Gasteiger partial charge in [-0.2, -0.15) is 0 Å². The van der Waals surface area contributed by atoms with Crippen LogP contribution in [0.25, 0.3) is 0 Å². The Hall–Kier alpha value is -2.19. The lowest BCUT2D eigenvalue weighted by Gasteiger charge is -2.26. The fourth-order valence-corrected chi connectivity index (χ4v) is 2.39. The number of esters is 1. The Kier molecular flexibility index (Phi) is 5.89. The zero-order valence-electron chi connectivity index (χ0n) is 12.5. The van der Waals surface area contributed by atoms with Crippen LogP contribution in [0.2, 0.25) is 0 Å². The average Bonchev–Trinajstić information content (AvgIpc) is 3.02. The van der Waals surface area contributed by atoms with Crippen LogP contribution in [0.15, 0.2) is 24.0 Å². The molecule has 2 aliphatic rings. The van der Waals surface area contributed by atoms with Gasteiger partial charge >= 0.3 is 11.9 Å². The number of ether oxygens (including phenoxy) is 2. The second-order valence-corrected chi connectivity index (χ2v) is 5.38. The molecule has 3 unspecified atom stereocenters. The summed E-state index contributed by atoms with van der Waals surface area (Å²) in [6.45, 7) is 0.0357. The van der Waals surface area contributed by atoms with Crippen molar-refractivity contribution in [1.82, 2.24) is 4.90 Å². The number of nitrogens with zero attached hydrogens (tertiary/aromatic N) is 1. The first kappa shape index (κ1) is 17.2. The number of rotatable bonds is 7. The van der Waals surface area contributed by atoms with Gasteiger partial charge < -0.3 is 29.4 Å². The van der Waals surface area contributed by atoms with Gasteiger partial charge in [-0.25, -0.2) is 4.79 Å². The maximum absolute atomic E-state index is 11.4. The fourth-order valence-electron chi connectivity index (χ4n) is 2.39. The number of allylic oxidation sites excluding steroid dienone is 1. The van der Waals surface area contributed by atoms with E-state index in [-0.39, 0.29) is 37.2 Å². The molecule has 1 fully saturated rings. The summed E-state index contributed by atoms with van der Waals surface area (Å²) in [5.41, 5.74) is 0.286. The third-order valence-electron chi connectivity index (χ3n) is 3.58. The van der Waals surface area contributed by atoms with E-state index >= 15 is 0 Å². The van der Waals surface area contributed by atoms with Crippen molar-refractivity contribution in [2.45, 2.75) is 44.1 Å². The summed E-state index contributed by atoms with van der Waals surface area (Å²) >= 11 is 0. The topological polar surface area (TPSA) is 113 Å². The number of aliphatic hydroxyl groups excluding tert-OH is 1. The molecule has 2 rings (SSSR count). The summed E-state index contributed by atoms with van der Waals surface area (Å²) in [6.07, 6.45) is 4.73. The molecule has 2 N–H and O–H groups in total. The highest BCUT2D eigenvalue weighted by molar-refractivity contribution is 5.87. The second-order valence-electron chi connectivity index (χ2n) is 5.38. The Balaban J connectivity index is 1.79. The molecule has 0 aromatic rings. The molecule has 2 aliphatic heterocycles. The van der Waals surface area contributed by atoms with Crippen LogP contribution < -0.4 is 0 Å². The standard InChI is InChI=1S/C15H19NO7/c17-8-11(18)6-14(19)22-9-12-3-4-13(23-12)16-5-1-2-10(7-16)15(20)21/h1,5,7-8,11-13,18H,2-4,6,9H2,(H,20,21). The summed E-state index contributed by atoms with van der Waals surface area (Å²) in [6, 6.07) is 0. The largest absolute Gasteiger partial charge is 0.478 e. The third kappa shape index (κ3) is 4.90. The Labute approximate surface area is 133 Å². The van der Waals surface area contributed by atoms with Crippen molar-refractivity contribution in [3.05, 3.63) is 24.0 Å². The van der Waals surface area contributed by atoms with Gasteiger partial charge in [0.1, 0.15) is 25.2 Å². The van der Waals surface area contributed by atoms with Crippen LogP contribution >= 0.6 is 0 Å². The van der Waals surface area contributed by atoms with Gasteiger partial charge in [0, 0.05) is 18.8 Å². The second kappa shape index (κ2) is 7.89. The molecule has 3 atom stereocenters. The van der Waals surface area contributed by atoms with E-state index in [2.05, 4.69) is 0 Å². The molecular formula is C15H19NO7. The number of hydrogen-bond acceptors (Lipinski definition) is 7. The molecule has 2 heterocycles. The Morgan fingerprint density at radius 2 is 2.26 bits per heavy atom. The normalized spacial score (nSPS) is 24.9. The lowest BCUT2D eigenvalue weighted by Crippen LogP contribution is -2.30. The molecule has 23 heavy (non-hydrogen) atoms. The van der Waals surface area contributed by atoms with Gasteiger partial charge in [0.15, 0.2) is 0 Å². The fraction of sp³-hybridized carbons (Fsp3) is 0.533. The van der Waals surface area contributed by atoms with Gasteiger partial charge in [0.05, 0.1) is 18.1 Å². The van der Waals surface area contributed by atoms with Crippen LogP contribution in [-0.4, -0.2) is 58.4 Å². The number of aliphatic carboxylic acids is 1. The molecule has 1 saturated heterocycles. The molecule has 0 amide bonds. The molecule has 0 aromatic heterocycles. The molecule has 0 aromatic carbocycles. The quantitative estimate of drug-likeness (QED) is 0.503. The first-order chi connectivity index (χ1) is 11.0. The van der Waals surface area contributed by atoms with Crippen molar-refractivity contribution in [3.63, 3.8) is 0 Å². The number of carboxylic acid groups (broad SMARTS) is 1. The highest BCUT2D eigenvalue weighted by Crippen LogP contribution is 2.26. The average molecular weight is 325 g/mol. The summed E-state index contributed by atoms with van der Waals surface area (Å²) in [5, 5.41) is 18.0. The van der Waals surface area contributed by atoms with Crippen LogP contribution in [-0.2, 0) is 23.9 Å². The minimum Gasteiger partial charge on any atom is -0.478 e. The Morgan fingerprint density at radius 1 is 1.48 bits per heavy atom. The van der Waals surface area contributed by atoms with Crippen molar-refractivity contribution in [1.29, 1.82) is 0 Å². The van der Waals surface area contributed by atoms with E-state index in [1.54, 1.807) is 23.4 Å². The van der Waals surface area contributed by atoms with E-state index in [9.17, 15) is 14.4 Å². The number of aliphatic hydroxyl groups is 1. The molecule has 126 valence electrons. The molecule has 8 heteroatoms. The molecule has 0 aliphatic carbocycles. The Bertz CT molecular complexity index is 528. The maximum Gasteiger partial charge on any atom is 0.333 e. The number of carbonyl (C=O) groups excluding carboxylic acids is 2. The predicted octanol–water partition coefficient (Wildman–Crippen LogP) is 0.172. The van der Waals surface area contributed by atoms with Gasteiger partial charge in [-0.05, 0) is 12.8 Å². The van der Waals surface area contributed by atoms with E-state index in [1.165, 1.54) is 0 Å². The van der Waals surface area contributed by atoms with E-state index < -0.39 is 18.0 Å². The lowest BCUT2D eigenvalue weighted by molar-refractivity contribution is -0.151. The van der Waals surface area contributed by atoms with Crippen molar-refractivity contribution < 1.29 is 34.1 Å². The summed E-state index contributed by atoms with van der Waals surface area (Å²) < 4.78 is 10.7. The number of aldehydes is 1. The van der Waals surface area contributed by atoms with Crippen LogP contribution in [0.3, 0.4) is 0 Å². The SMILES string of the molecule is O=CC(O)CC(=O)OCC1CCC(N2C=CCC(C(=O)O)=C2)O1. The van der Waals surface area contributed by atoms with E-state index in [1.807, 2.05) is 0 Å². The van der Waals surface area contributed by atoms with Crippen LogP contribution in [0.1, 0.15) is 25.7 Å². The molecular weight excluding hydrogens is 306 g/mol. The molecule has 0 bridgehead atoms. The number of hydrogen-bond donors (Lipinski definition) is 2. The third-order valence-corrected chi connectivity index (χ3v) is 3.58. The van der Waals surface area contributed by atoms with Crippen LogP contribution in [0.5, 0.6) is 0 Å². The van der Waals surface area contributed by atoms with Crippen molar-refractivity contribution >= 4 is 18.2 Å². The van der Waals surface area contributed by atoms with Crippen LogP contribution in [0, 0.1) is 0 Å². The van der Waals surface area contributed by atoms with Gasteiger partial charge in [0.25, 0.3) is 0 Å². The summed E-state index contributed by atoms with van der Waals surface area (Å²) in [5.74, 6) is -1.63. The van der Waals surface area contributed by atoms with Crippen LogP contribution in [0.4, 0.5) is 0 Å². The van der Waals surface area contributed by atoms with Gasteiger partial charge in [-0.3, -0.25) is 4.79 Å². The molecule has 0 radical (unpaired) electrons. The summed E-state index contributed by atoms with van der Waals surface area (Å²) in [7, 11) is 0. The minimum atomic E-state index is -1.35. The van der Waals surface area contributed by atoms with Crippen molar-refractivity contribution in [2.75, 3.05) is 6.61 Å². The molecule has 0 saturated carbocycles. The van der Waals surface area contributed by atoms with E-state index in [4.69, 9.17) is 19.7 Å². The maximum atomic E-state index is 11.4. The van der Waals surface area contributed by atoms with Crippen molar-refractivity contribution in [2.24, 2.45) is 0 Å². The zero-order chi connectivity index (χ0) is 16.8. The van der Waals surface area contributed by atoms with Gasteiger partial charge in [-0.15, -0.1) is 0 Å². The number of carboxylic acids is 1. The van der Waals surface area contributed by atoms with E-state index in [0.717, 1.165) is 0 Å². The highest BCUT2D eigenvalue weighted by Gasteiger charge is 2.30.